The summed E-state index contributed by atoms with van der Waals surface area (Å²) in [6, 6.07) is 6.05. The van der Waals surface area contributed by atoms with Gasteiger partial charge < -0.3 is 9.73 Å². The quantitative estimate of drug-likeness (QED) is 0.904. The van der Waals surface area contributed by atoms with Crippen LogP contribution >= 0.6 is 11.8 Å². The number of nitrogens with one attached hydrogen (secondary N) is 1. The predicted octanol–water partition coefficient (Wildman–Crippen LogP) is 3.24. The Labute approximate surface area is 123 Å². The van der Waals surface area contributed by atoms with Crippen LogP contribution in [0.3, 0.4) is 0 Å². The second-order valence-electron chi connectivity index (χ2n) is 5.28. The van der Waals surface area contributed by atoms with E-state index in [1.807, 2.05) is 19.1 Å². The molecule has 20 heavy (non-hydrogen) atoms. The minimum absolute atomic E-state index is 0.0509. The van der Waals surface area contributed by atoms with Crippen molar-refractivity contribution in [3.63, 3.8) is 0 Å². The molecule has 108 valence electrons. The highest BCUT2D eigenvalue weighted by molar-refractivity contribution is 7.99. The molecule has 0 spiro atoms. The summed E-state index contributed by atoms with van der Waals surface area (Å²) < 4.78 is 5.25. The summed E-state index contributed by atoms with van der Waals surface area (Å²) in [6.45, 7) is 1.87. The lowest BCUT2D eigenvalue weighted by molar-refractivity contribution is -0.121. The largest absolute Gasteiger partial charge is 0.468 e. The summed E-state index contributed by atoms with van der Waals surface area (Å²) in [5.74, 6) is 1.48. The van der Waals surface area contributed by atoms with Crippen LogP contribution in [0.5, 0.6) is 0 Å². The van der Waals surface area contributed by atoms with E-state index in [9.17, 15) is 10.1 Å². The lowest BCUT2D eigenvalue weighted by Crippen LogP contribution is -2.50. The molecule has 1 unspecified atom stereocenters. The lowest BCUT2D eigenvalue weighted by Gasteiger charge is -2.32. The van der Waals surface area contributed by atoms with E-state index in [4.69, 9.17) is 4.42 Å². The number of amides is 1. The third-order valence-corrected chi connectivity index (χ3v) is 4.87. The van der Waals surface area contributed by atoms with Crippen LogP contribution < -0.4 is 5.32 Å². The smallest absolute Gasteiger partial charge is 0.234 e. The molecule has 1 aromatic rings. The van der Waals surface area contributed by atoms with Gasteiger partial charge >= 0.3 is 0 Å². The van der Waals surface area contributed by atoms with Gasteiger partial charge in [-0.3, -0.25) is 4.79 Å². The molecule has 1 amide bonds. The number of furan rings is 1. The van der Waals surface area contributed by atoms with E-state index in [0.29, 0.717) is 5.75 Å². The predicted molar refractivity (Wildman–Crippen MR) is 79.0 cm³/mol. The molecular formula is C15H20N2O2S. The fourth-order valence-corrected chi connectivity index (χ4v) is 3.22. The summed E-state index contributed by atoms with van der Waals surface area (Å²) in [6.07, 6.45) is 6.36. The summed E-state index contributed by atoms with van der Waals surface area (Å²) in [5.41, 5.74) is -0.644. The molecule has 1 aromatic heterocycles. The van der Waals surface area contributed by atoms with Crippen molar-refractivity contribution >= 4 is 17.7 Å². The van der Waals surface area contributed by atoms with E-state index in [2.05, 4.69) is 11.4 Å². The Morgan fingerprint density at radius 3 is 2.90 bits per heavy atom. The van der Waals surface area contributed by atoms with Gasteiger partial charge in [0.25, 0.3) is 0 Å². The van der Waals surface area contributed by atoms with Gasteiger partial charge in [-0.15, -0.1) is 11.8 Å². The first-order chi connectivity index (χ1) is 9.65. The van der Waals surface area contributed by atoms with Gasteiger partial charge in [-0.25, -0.2) is 0 Å². The third-order valence-electron chi connectivity index (χ3n) is 3.71. The van der Waals surface area contributed by atoms with Crippen molar-refractivity contribution in [3.8, 4) is 6.07 Å². The van der Waals surface area contributed by atoms with Crippen molar-refractivity contribution < 1.29 is 9.21 Å². The number of hydrogen-bond donors (Lipinski definition) is 1. The monoisotopic (exact) mass is 292 g/mol. The van der Waals surface area contributed by atoms with Crippen LogP contribution in [0, 0.1) is 11.3 Å². The van der Waals surface area contributed by atoms with Crippen molar-refractivity contribution in [2.45, 2.75) is 55.6 Å². The van der Waals surface area contributed by atoms with Gasteiger partial charge in [0.2, 0.25) is 5.91 Å². The number of nitrogens with zero attached hydrogens (tertiary/aromatic N) is 1. The van der Waals surface area contributed by atoms with Crippen LogP contribution in [0.4, 0.5) is 0 Å². The van der Waals surface area contributed by atoms with Crippen LogP contribution in [-0.2, 0) is 10.5 Å². The van der Waals surface area contributed by atoms with E-state index in [1.54, 1.807) is 6.26 Å². The Bertz CT molecular complexity index is 473. The molecule has 1 N–H and O–H groups in total. The highest BCUT2D eigenvalue weighted by Gasteiger charge is 2.34. The Kier molecular flexibility index (Phi) is 5.13. The lowest BCUT2D eigenvalue weighted by atomic mass is 9.83. The molecule has 0 radical (unpaired) electrons. The SMILES string of the molecule is CC(SCc1ccco1)C(=O)NC1(C#N)CCCCC1. The van der Waals surface area contributed by atoms with Gasteiger partial charge in [0.1, 0.15) is 11.3 Å². The van der Waals surface area contributed by atoms with E-state index < -0.39 is 5.54 Å². The van der Waals surface area contributed by atoms with Gasteiger partial charge in [-0.05, 0) is 31.9 Å². The molecule has 5 heteroatoms. The standard InChI is InChI=1S/C15H20N2O2S/c1-12(20-10-13-6-5-9-19-13)14(18)17-15(11-16)7-3-2-4-8-15/h5-6,9,12H,2-4,7-8,10H2,1H3,(H,17,18). The highest BCUT2D eigenvalue weighted by Crippen LogP contribution is 2.28. The van der Waals surface area contributed by atoms with Crippen LogP contribution in [0.2, 0.25) is 0 Å². The van der Waals surface area contributed by atoms with E-state index in [1.165, 1.54) is 11.8 Å². The zero-order valence-corrected chi connectivity index (χ0v) is 12.5. The van der Waals surface area contributed by atoms with Crippen molar-refractivity contribution in [1.82, 2.24) is 5.32 Å². The first-order valence-electron chi connectivity index (χ1n) is 7.02. The molecule has 1 atom stereocenters. The Hall–Kier alpha value is -1.41. The highest BCUT2D eigenvalue weighted by atomic mass is 32.2. The number of carbonyl (C=O) groups is 1. The van der Waals surface area contributed by atoms with Crippen LogP contribution in [0.15, 0.2) is 22.8 Å². The number of thioether (sulfide) groups is 1. The molecule has 0 aliphatic heterocycles. The normalized spacial score (nSPS) is 19.0. The van der Waals surface area contributed by atoms with Crippen LogP contribution in [0.1, 0.15) is 44.8 Å². The maximum Gasteiger partial charge on any atom is 0.234 e. The molecule has 1 aliphatic rings. The minimum Gasteiger partial charge on any atom is -0.468 e. The fourth-order valence-electron chi connectivity index (χ4n) is 2.44. The Morgan fingerprint density at radius 1 is 1.55 bits per heavy atom. The van der Waals surface area contributed by atoms with Crippen LogP contribution in [0.25, 0.3) is 0 Å². The molecule has 4 nitrogen and oxygen atoms in total. The number of carbonyl (C=O) groups excluding carboxylic acids is 1. The van der Waals surface area contributed by atoms with Gasteiger partial charge in [-0.1, -0.05) is 19.3 Å². The maximum absolute atomic E-state index is 12.2. The number of nitriles is 1. The van der Waals surface area contributed by atoms with Crippen LogP contribution in [-0.4, -0.2) is 16.7 Å². The summed E-state index contributed by atoms with van der Waals surface area (Å²) >= 11 is 1.52. The first kappa shape index (κ1) is 15.0. The maximum atomic E-state index is 12.2. The molecular weight excluding hydrogens is 272 g/mol. The Morgan fingerprint density at radius 2 is 2.30 bits per heavy atom. The van der Waals surface area contributed by atoms with Gasteiger partial charge in [0.05, 0.1) is 23.3 Å². The molecule has 0 bridgehead atoms. The molecule has 1 aliphatic carbocycles. The Balaban J connectivity index is 1.85. The summed E-state index contributed by atoms with van der Waals surface area (Å²) in [7, 11) is 0. The van der Waals surface area contributed by atoms with Gasteiger partial charge in [0, 0.05) is 0 Å². The van der Waals surface area contributed by atoms with E-state index in [-0.39, 0.29) is 11.2 Å². The first-order valence-corrected chi connectivity index (χ1v) is 8.07. The second kappa shape index (κ2) is 6.85. The van der Waals surface area contributed by atoms with Crippen molar-refractivity contribution in [2.24, 2.45) is 0 Å². The molecule has 1 saturated carbocycles. The molecule has 0 saturated heterocycles. The van der Waals surface area contributed by atoms with Gasteiger partial charge in [-0.2, -0.15) is 5.26 Å². The fraction of sp³-hybridized carbons (Fsp3) is 0.600. The topological polar surface area (TPSA) is 66.0 Å². The minimum atomic E-state index is -0.644. The summed E-state index contributed by atoms with van der Waals surface area (Å²) in [5, 5.41) is 12.1. The third kappa shape index (κ3) is 3.80. The molecule has 1 fully saturated rings. The molecule has 2 rings (SSSR count). The second-order valence-corrected chi connectivity index (χ2v) is 6.61. The molecule has 0 aromatic carbocycles. The zero-order chi connectivity index (χ0) is 14.4. The van der Waals surface area contributed by atoms with E-state index in [0.717, 1.165) is 37.9 Å². The number of rotatable bonds is 5. The van der Waals surface area contributed by atoms with Gasteiger partial charge in [0.15, 0.2) is 0 Å². The zero-order valence-electron chi connectivity index (χ0n) is 11.7. The summed E-state index contributed by atoms with van der Waals surface area (Å²) in [4.78, 5) is 12.2. The molecule has 1 heterocycles. The van der Waals surface area contributed by atoms with Crippen molar-refractivity contribution in [1.29, 1.82) is 5.26 Å². The van der Waals surface area contributed by atoms with E-state index >= 15 is 0 Å². The van der Waals surface area contributed by atoms with Crippen molar-refractivity contribution in [2.75, 3.05) is 0 Å². The average Bonchev–Trinajstić information content (AvgIpc) is 2.99. The number of hydrogen-bond acceptors (Lipinski definition) is 4. The van der Waals surface area contributed by atoms with Crippen molar-refractivity contribution in [3.05, 3.63) is 24.2 Å². The average molecular weight is 292 g/mol.